The molecule has 1 aliphatic rings. The van der Waals surface area contributed by atoms with Crippen LogP contribution in [-0.4, -0.2) is 52.4 Å². The first kappa shape index (κ1) is 16.9. The van der Waals surface area contributed by atoms with Gasteiger partial charge in [0.15, 0.2) is 0 Å². The lowest BCUT2D eigenvalue weighted by Gasteiger charge is -2.39. The van der Waals surface area contributed by atoms with E-state index >= 15 is 0 Å². The van der Waals surface area contributed by atoms with Gasteiger partial charge in [-0.1, -0.05) is 12.1 Å². The molecule has 1 saturated heterocycles. The summed E-state index contributed by atoms with van der Waals surface area (Å²) in [5.41, 5.74) is -0.194. The Hall–Kier alpha value is -1.50. The van der Waals surface area contributed by atoms with E-state index in [-0.39, 0.29) is 11.7 Å². The minimum atomic E-state index is -1.04. The van der Waals surface area contributed by atoms with Gasteiger partial charge in [-0.3, -0.25) is 4.79 Å². The second kappa shape index (κ2) is 7.17. The van der Waals surface area contributed by atoms with E-state index in [0.29, 0.717) is 39.0 Å². The highest BCUT2D eigenvalue weighted by Gasteiger charge is 2.36. The highest BCUT2D eigenvalue weighted by molar-refractivity contribution is 5.76. The third-order valence-electron chi connectivity index (χ3n) is 4.14. The first-order valence-corrected chi connectivity index (χ1v) is 7.51. The van der Waals surface area contributed by atoms with Gasteiger partial charge in [0.25, 0.3) is 0 Å². The van der Waals surface area contributed by atoms with Crippen molar-refractivity contribution in [2.45, 2.75) is 38.0 Å². The molecule has 2 atom stereocenters. The number of amides is 1. The Morgan fingerprint density at radius 3 is 2.77 bits per heavy atom. The number of nitrogens with one attached hydrogen (secondary N) is 1. The van der Waals surface area contributed by atoms with Crippen LogP contribution in [0.5, 0.6) is 0 Å². The molecule has 0 aromatic heterocycles. The third-order valence-corrected chi connectivity index (χ3v) is 4.14. The minimum absolute atomic E-state index is 0.0869. The molecule has 1 heterocycles. The first-order chi connectivity index (χ1) is 10.4. The average molecular weight is 310 g/mol. The smallest absolute Gasteiger partial charge is 0.221 e. The molecule has 1 aliphatic heterocycles. The fraction of sp³-hybridized carbons (Fsp3) is 0.562. The quantitative estimate of drug-likeness (QED) is 0.747. The van der Waals surface area contributed by atoms with Crippen molar-refractivity contribution in [2.75, 3.05) is 19.6 Å². The van der Waals surface area contributed by atoms with Gasteiger partial charge in [0, 0.05) is 32.6 Å². The number of aliphatic hydroxyl groups is 2. The fourth-order valence-electron chi connectivity index (χ4n) is 2.44. The summed E-state index contributed by atoms with van der Waals surface area (Å²) in [4.78, 5) is 13.8. The second-order valence-corrected chi connectivity index (χ2v) is 6.08. The predicted octanol–water partition coefficient (Wildman–Crippen LogP) is 0.650. The zero-order valence-electron chi connectivity index (χ0n) is 12.8. The normalized spacial score (nSPS) is 25.9. The number of carbonyl (C=O) groups excluding carboxylic acids is 1. The van der Waals surface area contributed by atoms with E-state index in [1.54, 1.807) is 19.1 Å². The van der Waals surface area contributed by atoms with Crippen molar-refractivity contribution in [3.8, 4) is 0 Å². The van der Waals surface area contributed by atoms with Gasteiger partial charge in [-0.05, 0) is 31.0 Å². The van der Waals surface area contributed by atoms with E-state index in [9.17, 15) is 19.4 Å². The number of β-amino-alcohol motifs (C(OH)–C–C–N with tert-alkyl or cyclic N) is 1. The molecule has 0 unspecified atom stereocenters. The van der Waals surface area contributed by atoms with Crippen LogP contribution in [0.2, 0.25) is 0 Å². The van der Waals surface area contributed by atoms with Crippen molar-refractivity contribution in [3.63, 3.8) is 0 Å². The van der Waals surface area contributed by atoms with E-state index in [4.69, 9.17) is 0 Å². The predicted molar refractivity (Wildman–Crippen MR) is 80.6 cm³/mol. The van der Waals surface area contributed by atoms with Gasteiger partial charge < -0.3 is 20.4 Å². The molecular weight excluding hydrogens is 287 g/mol. The van der Waals surface area contributed by atoms with Gasteiger partial charge in [-0.2, -0.15) is 0 Å². The molecule has 1 fully saturated rings. The standard InChI is InChI=1S/C16H23FN2O3/c1-16(22)7-9-19(11-14(16)20)8-6-15(21)18-10-12-2-4-13(17)5-3-12/h2-5,14,20,22H,6-11H2,1H3,(H,18,21)/t14-,16-/m0/s1. The zero-order valence-corrected chi connectivity index (χ0v) is 12.8. The molecule has 22 heavy (non-hydrogen) atoms. The van der Waals surface area contributed by atoms with Crippen LogP contribution in [0, 0.1) is 5.82 Å². The molecule has 3 N–H and O–H groups in total. The van der Waals surface area contributed by atoms with Crippen molar-refractivity contribution in [1.29, 1.82) is 0 Å². The number of nitrogens with zero attached hydrogens (tertiary/aromatic N) is 1. The molecule has 1 aromatic rings. The maximum atomic E-state index is 12.8. The van der Waals surface area contributed by atoms with E-state index in [0.717, 1.165) is 5.56 Å². The minimum Gasteiger partial charge on any atom is -0.389 e. The van der Waals surface area contributed by atoms with E-state index in [1.165, 1.54) is 12.1 Å². The summed E-state index contributed by atoms with van der Waals surface area (Å²) in [7, 11) is 0. The van der Waals surface area contributed by atoms with E-state index in [2.05, 4.69) is 5.32 Å². The maximum absolute atomic E-state index is 12.8. The Balaban J connectivity index is 1.69. The molecule has 0 aliphatic carbocycles. The van der Waals surface area contributed by atoms with Crippen LogP contribution in [0.4, 0.5) is 4.39 Å². The van der Waals surface area contributed by atoms with Gasteiger partial charge >= 0.3 is 0 Å². The van der Waals surface area contributed by atoms with Crippen LogP contribution >= 0.6 is 0 Å². The van der Waals surface area contributed by atoms with E-state index < -0.39 is 11.7 Å². The van der Waals surface area contributed by atoms with Gasteiger partial charge in [-0.15, -0.1) is 0 Å². The van der Waals surface area contributed by atoms with Gasteiger partial charge in [0.2, 0.25) is 5.91 Å². The topological polar surface area (TPSA) is 72.8 Å². The molecule has 0 spiro atoms. The van der Waals surface area contributed by atoms with Crippen LogP contribution in [-0.2, 0) is 11.3 Å². The van der Waals surface area contributed by atoms with Crippen molar-refractivity contribution >= 4 is 5.91 Å². The second-order valence-electron chi connectivity index (χ2n) is 6.08. The molecule has 122 valence electrons. The number of aliphatic hydroxyl groups excluding tert-OH is 1. The molecule has 5 nitrogen and oxygen atoms in total. The Morgan fingerprint density at radius 2 is 2.14 bits per heavy atom. The molecule has 0 saturated carbocycles. The molecule has 0 bridgehead atoms. The number of hydrogen-bond acceptors (Lipinski definition) is 4. The molecular formula is C16H23FN2O3. The Bertz CT molecular complexity index is 505. The number of benzene rings is 1. The van der Waals surface area contributed by atoms with Crippen molar-refractivity contribution in [2.24, 2.45) is 0 Å². The molecule has 6 heteroatoms. The monoisotopic (exact) mass is 310 g/mol. The number of piperidine rings is 1. The number of rotatable bonds is 5. The van der Waals surface area contributed by atoms with Crippen LogP contribution in [0.25, 0.3) is 0 Å². The summed E-state index contributed by atoms with van der Waals surface area (Å²) in [6.45, 7) is 3.58. The molecule has 1 aromatic carbocycles. The lowest BCUT2D eigenvalue weighted by atomic mass is 9.91. The van der Waals surface area contributed by atoms with Crippen LogP contribution in [0.15, 0.2) is 24.3 Å². The largest absolute Gasteiger partial charge is 0.389 e. The summed E-state index contributed by atoms with van der Waals surface area (Å²) in [5.74, 6) is -0.384. The summed E-state index contributed by atoms with van der Waals surface area (Å²) >= 11 is 0. The highest BCUT2D eigenvalue weighted by atomic mass is 19.1. The number of carbonyl (C=O) groups is 1. The highest BCUT2D eigenvalue weighted by Crippen LogP contribution is 2.21. The number of hydrogen-bond donors (Lipinski definition) is 3. The lowest BCUT2D eigenvalue weighted by Crippen LogP contribution is -2.54. The Kier molecular flexibility index (Phi) is 5.50. The summed E-state index contributed by atoms with van der Waals surface area (Å²) in [5, 5.41) is 22.5. The number of halogens is 1. The van der Waals surface area contributed by atoms with Gasteiger partial charge in [-0.25, -0.2) is 4.39 Å². The molecule has 1 amide bonds. The Morgan fingerprint density at radius 1 is 1.45 bits per heavy atom. The van der Waals surface area contributed by atoms with Crippen molar-refractivity contribution in [1.82, 2.24) is 10.2 Å². The Labute approximate surface area is 129 Å². The van der Waals surface area contributed by atoms with Crippen molar-refractivity contribution in [3.05, 3.63) is 35.6 Å². The van der Waals surface area contributed by atoms with Gasteiger partial charge in [0.05, 0.1) is 11.7 Å². The SMILES string of the molecule is C[C@]1(O)CCN(CCC(=O)NCc2ccc(F)cc2)C[C@@H]1O. The molecule has 2 rings (SSSR count). The number of likely N-dealkylation sites (tertiary alicyclic amines) is 1. The summed E-state index contributed by atoms with van der Waals surface area (Å²) in [6.07, 6.45) is 0.0325. The van der Waals surface area contributed by atoms with Crippen LogP contribution < -0.4 is 5.32 Å². The lowest BCUT2D eigenvalue weighted by molar-refractivity contribution is -0.123. The summed E-state index contributed by atoms with van der Waals surface area (Å²) < 4.78 is 12.8. The van der Waals surface area contributed by atoms with Gasteiger partial charge in [0.1, 0.15) is 5.82 Å². The maximum Gasteiger partial charge on any atom is 0.221 e. The third kappa shape index (κ3) is 4.76. The van der Waals surface area contributed by atoms with Crippen LogP contribution in [0.1, 0.15) is 25.3 Å². The first-order valence-electron chi connectivity index (χ1n) is 7.51. The fourth-order valence-corrected chi connectivity index (χ4v) is 2.44. The average Bonchev–Trinajstić information content (AvgIpc) is 2.48. The molecule has 0 radical (unpaired) electrons. The van der Waals surface area contributed by atoms with Crippen molar-refractivity contribution < 1.29 is 19.4 Å². The van der Waals surface area contributed by atoms with Crippen LogP contribution in [0.3, 0.4) is 0 Å². The van der Waals surface area contributed by atoms with E-state index in [1.807, 2.05) is 4.90 Å². The summed E-state index contributed by atoms with van der Waals surface area (Å²) in [6, 6.07) is 6.00. The zero-order chi connectivity index (χ0) is 16.2.